The van der Waals surface area contributed by atoms with E-state index in [0.717, 1.165) is 103 Å². The molecule has 0 N–H and O–H groups in total. The molecule has 366 valence electrons. The van der Waals surface area contributed by atoms with Crippen molar-refractivity contribution in [1.82, 2.24) is 0 Å². The van der Waals surface area contributed by atoms with Crippen LogP contribution in [0.1, 0.15) is 239 Å². The zero-order chi connectivity index (χ0) is 46.3. The molecule has 0 rings (SSSR count). The summed E-state index contributed by atoms with van der Waals surface area (Å²) in [5.41, 5.74) is 0. The highest BCUT2D eigenvalue weighted by Crippen LogP contribution is 2.13. The fourth-order valence-corrected chi connectivity index (χ4v) is 7.09. The highest BCUT2D eigenvalue weighted by Gasteiger charge is 2.17. The molecule has 0 spiro atoms. The van der Waals surface area contributed by atoms with Gasteiger partial charge >= 0.3 is 11.9 Å². The van der Waals surface area contributed by atoms with Gasteiger partial charge in [0.15, 0.2) is 6.10 Å². The standard InChI is InChI=1S/C59H100O5/c1-4-7-10-13-16-19-22-25-27-28-29-30-31-33-36-39-42-45-48-51-54-62-55-57(64-59(61)53-50-47-44-41-38-34-24-21-18-15-12-9-6-3)56-63-58(60)52-49-46-43-40-37-35-32-26-23-20-17-14-11-8-5-2/h9,12,16-21,25-27,29-30,32,34,38,57H,4-8,10-11,13-15,22-24,28,31,33,35-37,39-56H2,1-3H3/b12-9-,19-16-,20-17-,21-18-,27-25-,30-29-,32-26-,38-34-. The smallest absolute Gasteiger partial charge is 0.306 e. The van der Waals surface area contributed by atoms with E-state index in [1.165, 1.54) is 103 Å². The number of hydrogen-bond acceptors (Lipinski definition) is 5. The third-order valence-electron chi connectivity index (χ3n) is 11.1. The van der Waals surface area contributed by atoms with Crippen molar-refractivity contribution in [2.75, 3.05) is 19.8 Å². The average molecular weight is 889 g/mol. The lowest BCUT2D eigenvalue weighted by Crippen LogP contribution is -2.30. The first-order chi connectivity index (χ1) is 31.6. The van der Waals surface area contributed by atoms with E-state index in [0.29, 0.717) is 19.4 Å². The van der Waals surface area contributed by atoms with Crippen molar-refractivity contribution in [3.8, 4) is 0 Å². The van der Waals surface area contributed by atoms with Crippen molar-refractivity contribution in [2.45, 2.75) is 245 Å². The molecule has 0 heterocycles. The number of allylic oxidation sites excluding steroid dienone is 16. The van der Waals surface area contributed by atoms with Crippen molar-refractivity contribution in [1.29, 1.82) is 0 Å². The lowest BCUT2D eigenvalue weighted by atomic mass is 10.1. The molecule has 0 fully saturated rings. The third kappa shape index (κ3) is 51.5. The van der Waals surface area contributed by atoms with E-state index >= 15 is 0 Å². The number of unbranched alkanes of at least 4 members (excludes halogenated alkanes) is 21. The normalized spacial score (nSPS) is 13.0. The Hall–Kier alpha value is -3.18. The Labute approximate surface area is 396 Å². The number of carbonyl (C=O) groups is 2. The predicted octanol–water partition coefficient (Wildman–Crippen LogP) is 18.2. The minimum absolute atomic E-state index is 0.0573. The Balaban J connectivity index is 4.34. The van der Waals surface area contributed by atoms with Crippen molar-refractivity contribution in [2.24, 2.45) is 0 Å². The second-order valence-corrected chi connectivity index (χ2v) is 17.4. The number of esters is 2. The van der Waals surface area contributed by atoms with Gasteiger partial charge in [-0.25, -0.2) is 0 Å². The van der Waals surface area contributed by atoms with Gasteiger partial charge in [0.2, 0.25) is 0 Å². The molecule has 0 aliphatic carbocycles. The van der Waals surface area contributed by atoms with Gasteiger partial charge in [-0.3, -0.25) is 9.59 Å². The summed E-state index contributed by atoms with van der Waals surface area (Å²) in [5.74, 6) is -0.455. The summed E-state index contributed by atoms with van der Waals surface area (Å²) >= 11 is 0. The van der Waals surface area contributed by atoms with Gasteiger partial charge in [0.25, 0.3) is 0 Å². The highest BCUT2D eigenvalue weighted by molar-refractivity contribution is 5.70. The molecule has 0 aromatic heterocycles. The van der Waals surface area contributed by atoms with Crippen LogP contribution in [0.15, 0.2) is 97.2 Å². The molecule has 0 saturated heterocycles. The summed E-state index contributed by atoms with van der Waals surface area (Å²) in [6, 6.07) is 0. The van der Waals surface area contributed by atoms with Crippen LogP contribution in [0.3, 0.4) is 0 Å². The van der Waals surface area contributed by atoms with E-state index in [9.17, 15) is 9.59 Å². The maximum absolute atomic E-state index is 12.8. The van der Waals surface area contributed by atoms with E-state index in [4.69, 9.17) is 14.2 Å². The quantitative estimate of drug-likeness (QED) is 0.0346. The monoisotopic (exact) mass is 889 g/mol. The molecule has 1 atom stereocenters. The molecular weight excluding hydrogens is 789 g/mol. The Bertz CT molecular complexity index is 1230. The molecule has 5 nitrogen and oxygen atoms in total. The van der Waals surface area contributed by atoms with Crippen molar-refractivity contribution < 1.29 is 23.8 Å². The Kier molecular flexibility index (Phi) is 51.5. The number of ether oxygens (including phenoxy) is 3. The zero-order valence-electron chi connectivity index (χ0n) is 42.0. The number of rotatable bonds is 48. The Morgan fingerprint density at radius 3 is 1.14 bits per heavy atom. The van der Waals surface area contributed by atoms with Crippen LogP contribution in [0.25, 0.3) is 0 Å². The fraction of sp³-hybridized carbons (Fsp3) is 0.695. The van der Waals surface area contributed by atoms with Gasteiger partial charge in [0.05, 0.1) is 6.61 Å². The maximum atomic E-state index is 12.8. The van der Waals surface area contributed by atoms with Gasteiger partial charge in [-0.05, 0) is 122 Å². The van der Waals surface area contributed by atoms with Crippen LogP contribution in [0.4, 0.5) is 0 Å². The van der Waals surface area contributed by atoms with Crippen molar-refractivity contribution >= 4 is 11.9 Å². The van der Waals surface area contributed by atoms with Crippen LogP contribution in [0.2, 0.25) is 0 Å². The van der Waals surface area contributed by atoms with Gasteiger partial charge in [0.1, 0.15) is 6.61 Å². The van der Waals surface area contributed by atoms with Gasteiger partial charge in [-0.15, -0.1) is 0 Å². The zero-order valence-corrected chi connectivity index (χ0v) is 42.0. The first kappa shape index (κ1) is 60.8. The minimum Gasteiger partial charge on any atom is -0.462 e. The highest BCUT2D eigenvalue weighted by atomic mass is 16.6. The molecule has 0 bridgehead atoms. The van der Waals surface area contributed by atoms with Gasteiger partial charge < -0.3 is 14.2 Å². The van der Waals surface area contributed by atoms with Crippen LogP contribution in [-0.2, 0) is 23.8 Å². The maximum Gasteiger partial charge on any atom is 0.306 e. The SMILES string of the molecule is CC/C=C\C/C=C\C/C=C\CCCCCC(=O)OC(COCCCCCCCCC/C=C\C/C=C\C/C=C\CCCCC)COC(=O)CCCCCCC/C=C\C/C=C\CCCCC. The average Bonchev–Trinajstić information content (AvgIpc) is 3.30. The van der Waals surface area contributed by atoms with Crippen LogP contribution in [0.5, 0.6) is 0 Å². The van der Waals surface area contributed by atoms with Gasteiger partial charge in [-0.1, -0.05) is 201 Å². The lowest BCUT2D eigenvalue weighted by Gasteiger charge is -2.18. The largest absolute Gasteiger partial charge is 0.462 e. The van der Waals surface area contributed by atoms with Gasteiger partial charge in [-0.2, -0.15) is 0 Å². The molecule has 0 amide bonds. The first-order valence-electron chi connectivity index (χ1n) is 26.8. The predicted molar refractivity (Wildman–Crippen MR) is 279 cm³/mol. The van der Waals surface area contributed by atoms with Gasteiger partial charge in [0, 0.05) is 19.4 Å². The van der Waals surface area contributed by atoms with Crippen LogP contribution in [0, 0.1) is 0 Å². The molecule has 0 radical (unpaired) electrons. The van der Waals surface area contributed by atoms with Crippen LogP contribution in [-0.4, -0.2) is 37.9 Å². The Morgan fingerprint density at radius 1 is 0.359 bits per heavy atom. The summed E-state index contributed by atoms with van der Waals surface area (Å²) < 4.78 is 17.4. The summed E-state index contributed by atoms with van der Waals surface area (Å²) in [6.07, 6.45) is 72.7. The van der Waals surface area contributed by atoms with E-state index in [-0.39, 0.29) is 25.2 Å². The molecule has 0 aliphatic heterocycles. The summed E-state index contributed by atoms with van der Waals surface area (Å²) in [5, 5.41) is 0. The summed E-state index contributed by atoms with van der Waals surface area (Å²) in [6.45, 7) is 7.59. The molecule has 0 aliphatic rings. The fourth-order valence-electron chi connectivity index (χ4n) is 7.09. The molecule has 0 saturated carbocycles. The second-order valence-electron chi connectivity index (χ2n) is 17.4. The molecule has 64 heavy (non-hydrogen) atoms. The summed E-state index contributed by atoms with van der Waals surface area (Å²) in [7, 11) is 0. The molecule has 0 aromatic rings. The number of carbonyl (C=O) groups excluding carboxylic acids is 2. The van der Waals surface area contributed by atoms with E-state index in [1.807, 2.05) is 0 Å². The molecule has 0 aromatic carbocycles. The van der Waals surface area contributed by atoms with E-state index < -0.39 is 6.10 Å². The second kappa shape index (κ2) is 54.2. The van der Waals surface area contributed by atoms with Crippen LogP contribution < -0.4 is 0 Å². The molecule has 1 unspecified atom stereocenters. The Morgan fingerprint density at radius 2 is 0.703 bits per heavy atom. The minimum atomic E-state index is -0.568. The molecule has 5 heteroatoms. The van der Waals surface area contributed by atoms with Crippen molar-refractivity contribution in [3.05, 3.63) is 97.2 Å². The van der Waals surface area contributed by atoms with E-state index in [1.54, 1.807) is 0 Å². The first-order valence-corrected chi connectivity index (χ1v) is 26.8. The van der Waals surface area contributed by atoms with Crippen molar-refractivity contribution in [3.63, 3.8) is 0 Å². The molecular formula is C59H100O5. The topological polar surface area (TPSA) is 61.8 Å². The lowest BCUT2D eigenvalue weighted by molar-refractivity contribution is -0.163. The van der Waals surface area contributed by atoms with Crippen LogP contribution >= 0.6 is 0 Å². The number of hydrogen-bond donors (Lipinski definition) is 0. The summed E-state index contributed by atoms with van der Waals surface area (Å²) in [4.78, 5) is 25.4. The van der Waals surface area contributed by atoms with E-state index in [2.05, 4.69) is 118 Å². The third-order valence-corrected chi connectivity index (χ3v) is 11.1.